The quantitative estimate of drug-likeness (QED) is 0.781. The topological polar surface area (TPSA) is 38.8 Å². The first-order chi connectivity index (χ1) is 11.1. The maximum absolute atomic E-state index is 14.1. The van der Waals surface area contributed by atoms with Crippen molar-refractivity contribution in [3.05, 3.63) is 29.6 Å². The molecule has 2 aliphatic heterocycles. The maximum Gasteiger partial charge on any atom is 0.494 e. The number of nitrogens with zero attached hydrogens (tertiary/aromatic N) is 1. The Labute approximate surface area is 143 Å². The van der Waals surface area contributed by atoms with Gasteiger partial charge in [-0.15, -0.1) is 0 Å². The van der Waals surface area contributed by atoms with Crippen molar-refractivity contribution in [2.45, 2.75) is 64.7 Å². The van der Waals surface area contributed by atoms with Gasteiger partial charge in [0.05, 0.1) is 11.2 Å². The van der Waals surface area contributed by atoms with E-state index in [9.17, 15) is 9.18 Å². The van der Waals surface area contributed by atoms with Crippen LogP contribution in [0.25, 0.3) is 0 Å². The molecule has 2 aliphatic rings. The number of likely N-dealkylation sites (tertiary alicyclic amines) is 1. The summed E-state index contributed by atoms with van der Waals surface area (Å²) in [6.45, 7) is 10.5. The van der Waals surface area contributed by atoms with Gasteiger partial charge in [0.2, 0.25) is 0 Å². The number of halogens is 1. The van der Waals surface area contributed by atoms with Crippen molar-refractivity contribution in [1.82, 2.24) is 4.90 Å². The van der Waals surface area contributed by atoms with E-state index in [1.807, 2.05) is 39.5 Å². The predicted molar refractivity (Wildman–Crippen MR) is 91.8 cm³/mol. The summed E-state index contributed by atoms with van der Waals surface area (Å²) in [5.41, 5.74) is -0.104. The first-order valence-corrected chi connectivity index (χ1v) is 8.58. The highest BCUT2D eigenvalue weighted by Crippen LogP contribution is 2.36. The third-order valence-corrected chi connectivity index (χ3v) is 5.51. The molecule has 0 N–H and O–H groups in total. The second-order valence-electron chi connectivity index (χ2n) is 7.85. The Bertz CT molecular complexity index is 646. The van der Waals surface area contributed by atoms with Gasteiger partial charge in [0.25, 0.3) is 5.91 Å². The van der Waals surface area contributed by atoms with Gasteiger partial charge >= 0.3 is 7.12 Å². The first kappa shape index (κ1) is 17.4. The third kappa shape index (κ3) is 2.97. The molecule has 0 unspecified atom stereocenters. The van der Waals surface area contributed by atoms with Gasteiger partial charge in [0, 0.05) is 18.2 Å². The van der Waals surface area contributed by atoms with E-state index in [-0.39, 0.29) is 11.9 Å². The molecule has 0 spiro atoms. The molecule has 1 aromatic rings. The van der Waals surface area contributed by atoms with Crippen LogP contribution in [0.4, 0.5) is 4.39 Å². The van der Waals surface area contributed by atoms with Crippen LogP contribution in [-0.2, 0) is 9.31 Å². The molecular formula is C18H25BFNO3. The van der Waals surface area contributed by atoms with Crippen LogP contribution in [-0.4, -0.2) is 41.7 Å². The molecule has 6 heteroatoms. The zero-order valence-electron chi connectivity index (χ0n) is 15.1. The van der Waals surface area contributed by atoms with Gasteiger partial charge in [-0.1, -0.05) is 0 Å². The van der Waals surface area contributed by atoms with Gasteiger partial charge in [0.15, 0.2) is 0 Å². The normalized spacial score (nSPS) is 25.3. The third-order valence-electron chi connectivity index (χ3n) is 5.51. The van der Waals surface area contributed by atoms with E-state index in [1.54, 1.807) is 6.07 Å². The number of carbonyl (C=O) groups is 1. The number of rotatable bonds is 2. The largest absolute Gasteiger partial charge is 0.494 e. The van der Waals surface area contributed by atoms with Gasteiger partial charge in [-0.25, -0.2) is 4.39 Å². The fraction of sp³-hybridized carbons (Fsp3) is 0.611. The maximum atomic E-state index is 14.1. The summed E-state index contributed by atoms with van der Waals surface area (Å²) >= 11 is 0. The lowest BCUT2D eigenvalue weighted by atomic mass is 9.78. The van der Waals surface area contributed by atoms with Gasteiger partial charge in [-0.3, -0.25) is 4.79 Å². The van der Waals surface area contributed by atoms with Gasteiger partial charge in [-0.2, -0.15) is 0 Å². The molecule has 0 bridgehead atoms. The molecule has 1 amide bonds. The number of hydrogen-bond acceptors (Lipinski definition) is 3. The minimum Gasteiger partial charge on any atom is -0.399 e. The highest BCUT2D eigenvalue weighted by atomic mass is 19.1. The van der Waals surface area contributed by atoms with Gasteiger partial charge < -0.3 is 14.2 Å². The van der Waals surface area contributed by atoms with Crippen LogP contribution >= 0.6 is 0 Å². The summed E-state index contributed by atoms with van der Waals surface area (Å²) in [5.74, 6) is -0.574. The molecule has 2 saturated heterocycles. The summed E-state index contributed by atoms with van der Waals surface area (Å²) in [7, 11) is -0.673. The number of benzene rings is 1. The summed E-state index contributed by atoms with van der Waals surface area (Å²) in [6, 6.07) is 4.56. The number of amides is 1. The van der Waals surface area contributed by atoms with Crippen molar-refractivity contribution in [2.75, 3.05) is 6.54 Å². The molecule has 1 atom stereocenters. The Morgan fingerprint density at radius 1 is 1.21 bits per heavy atom. The van der Waals surface area contributed by atoms with Crippen molar-refractivity contribution in [3.8, 4) is 0 Å². The van der Waals surface area contributed by atoms with E-state index in [1.165, 1.54) is 12.1 Å². The molecule has 3 rings (SSSR count). The summed E-state index contributed by atoms with van der Waals surface area (Å²) in [6.07, 6.45) is 1.98. The average Bonchev–Trinajstić information content (AvgIpc) is 2.99. The molecule has 2 fully saturated rings. The van der Waals surface area contributed by atoms with Crippen LogP contribution in [0.5, 0.6) is 0 Å². The summed E-state index contributed by atoms with van der Waals surface area (Å²) in [4.78, 5) is 14.5. The lowest BCUT2D eigenvalue weighted by Gasteiger charge is -2.32. The smallest absolute Gasteiger partial charge is 0.399 e. The van der Waals surface area contributed by atoms with Gasteiger partial charge in [0.1, 0.15) is 5.82 Å². The van der Waals surface area contributed by atoms with E-state index >= 15 is 0 Å². The Morgan fingerprint density at radius 3 is 2.38 bits per heavy atom. The summed E-state index contributed by atoms with van der Waals surface area (Å²) < 4.78 is 26.1. The standard InChI is InChI=1S/C18H25BFNO3/c1-12-7-6-8-21(12)16(22)13-9-14(11-15(20)10-13)19-23-17(2,3)18(4,5)24-19/h9-12H,6-8H2,1-5H3/t12-/m1/s1. The molecule has 24 heavy (non-hydrogen) atoms. The van der Waals surface area contributed by atoms with Gasteiger partial charge in [-0.05, 0) is 71.1 Å². The highest BCUT2D eigenvalue weighted by Gasteiger charge is 2.51. The molecule has 0 aromatic heterocycles. The Balaban J connectivity index is 1.89. The van der Waals surface area contributed by atoms with Crippen LogP contribution < -0.4 is 5.46 Å². The molecular weight excluding hydrogens is 308 g/mol. The van der Waals surface area contributed by atoms with Crippen molar-refractivity contribution in [3.63, 3.8) is 0 Å². The Hall–Kier alpha value is -1.40. The summed E-state index contributed by atoms with van der Waals surface area (Å²) in [5, 5.41) is 0. The highest BCUT2D eigenvalue weighted by molar-refractivity contribution is 6.62. The second kappa shape index (κ2) is 5.85. The average molecular weight is 333 g/mol. The zero-order chi connectivity index (χ0) is 17.7. The second-order valence-corrected chi connectivity index (χ2v) is 7.85. The molecule has 4 nitrogen and oxygen atoms in total. The van der Waals surface area contributed by atoms with E-state index in [4.69, 9.17) is 9.31 Å². The Morgan fingerprint density at radius 2 is 1.83 bits per heavy atom. The van der Waals surface area contributed by atoms with Crippen LogP contribution in [0.15, 0.2) is 18.2 Å². The van der Waals surface area contributed by atoms with E-state index in [0.29, 0.717) is 11.0 Å². The molecule has 130 valence electrons. The molecule has 1 aromatic carbocycles. The zero-order valence-corrected chi connectivity index (χ0v) is 15.1. The van der Waals surface area contributed by atoms with Crippen molar-refractivity contribution in [2.24, 2.45) is 0 Å². The lowest BCUT2D eigenvalue weighted by molar-refractivity contribution is 0.00578. The fourth-order valence-electron chi connectivity index (χ4n) is 3.25. The monoisotopic (exact) mass is 333 g/mol. The van der Waals surface area contributed by atoms with Crippen molar-refractivity contribution in [1.29, 1.82) is 0 Å². The van der Waals surface area contributed by atoms with Crippen molar-refractivity contribution >= 4 is 18.5 Å². The minimum absolute atomic E-state index is 0.128. The minimum atomic E-state index is -0.673. The van der Waals surface area contributed by atoms with E-state index in [0.717, 1.165) is 19.4 Å². The molecule has 2 heterocycles. The molecule has 0 saturated carbocycles. The van der Waals surface area contributed by atoms with Crippen LogP contribution in [0.2, 0.25) is 0 Å². The SMILES string of the molecule is C[C@@H]1CCCN1C(=O)c1cc(F)cc(B2OC(C)(C)C(C)(C)O2)c1. The van der Waals surface area contributed by atoms with Crippen LogP contribution in [0.1, 0.15) is 57.8 Å². The lowest BCUT2D eigenvalue weighted by Crippen LogP contribution is -2.41. The fourth-order valence-corrected chi connectivity index (χ4v) is 3.25. The molecule has 0 radical (unpaired) electrons. The van der Waals surface area contributed by atoms with Crippen LogP contribution in [0, 0.1) is 5.82 Å². The molecule has 0 aliphatic carbocycles. The first-order valence-electron chi connectivity index (χ1n) is 8.58. The predicted octanol–water partition coefficient (Wildman–Crippen LogP) is 2.75. The van der Waals surface area contributed by atoms with E-state index < -0.39 is 24.1 Å². The van der Waals surface area contributed by atoms with Crippen molar-refractivity contribution < 1.29 is 18.5 Å². The number of carbonyl (C=O) groups excluding carboxylic acids is 1. The van der Waals surface area contributed by atoms with Crippen LogP contribution in [0.3, 0.4) is 0 Å². The Kier molecular flexibility index (Phi) is 4.25. The van der Waals surface area contributed by atoms with E-state index in [2.05, 4.69) is 0 Å². The number of hydrogen-bond donors (Lipinski definition) is 0.